The van der Waals surface area contributed by atoms with E-state index in [-0.39, 0.29) is 11.8 Å². The Morgan fingerprint density at radius 3 is 2.74 bits per heavy atom. The van der Waals surface area contributed by atoms with Crippen LogP contribution >= 0.6 is 0 Å². The minimum absolute atomic E-state index is 0.0851. The number of imidazole rings is 1. The third-order valence-corrected chi connectivity index (χ3v) is 7.85. The summed E-state index contributed by atoms with van der Waals surface area (Å²) in [5, 5.41) is 6.11. The number of nitrogens with zero attached hydrogens (tertiary/aromatic N) is 5. The van der Waals surface area contributed by atoms with E-state index in [1.165, 1.54) is 19.3 Å². The number of fused-ring (bicyclic) bond motifs is 3. The maximum Gasteiger partial charge on any atom is 0.287 e. The zero-order valence-corrected chi connectivity index (χ0v) is 19.4. The first-order valence-corrected chi connectivity index (χ1v) is 12.3. The third-order valence-electron chi connectivity index (χ3n) is 7.85. The quantitative estimate of drug-likeness (QED) is 0.608. The normalized spacial score (nSPS) is 19.2. The summed E-state index contributed by atoms with van der Waals surface area (Å²) in [6.45, 7) is 4.64. The Labute approximate surface area is 198 Å². The lowest BCUT2D eigenvalue weighted by atomic mass is 9.73. The summed E-state index contributed by atoms with van der Waals surface area (Å²) in [5.74, 6) is 1.62. The van der Waals surface area contributed by atoms with Gasteiger partial charge in [0.25, 0.3) is 5.91 Å². The van der Waals surface area contributed by atoms with E-state index < -0.39 is 5.41 Å². The summed E-state index contributed by atoms with van der Waals surface area (Å²) in [5.41, 5.74) is 2.84. The van der Waals surface area contributed by atoms with Crippen molar-refractivity contribution in [3.8, 4) is 0 Å². The molecule has 1 aliphatic carbocycles. The average Bonchev–Trinajstić information content (AvgIpc) is 3.34. The standard InChI is InChI=1S/C25H29N7O2/c1-2-32-21-19(30-22(32)23(33)26-14-16-6-5-7-16)20(27-15-28-21)31-12-10-25(11-13-31)17-8-3-4-9-18(17)29-24(25)34/h3-4,8-9,15-16H,2,5-7,10-14H2,1H3,(H,26,33)(H,29,34). The summed E-state index contributed by atoms with van der Waals surface area (Å²) < 4.78 is 1.86. The van der Waals surface area contributed by atoms with E-state index in [2.05, 4.69) is 31.6 Å². The molecule has 6 rings (SSSR count). The maximum absolute atomic E-state index is 12.9. The molecule has 1 spiro atoms. The van der Waals surface area contributed by atoms with E-state index in [0.29, 0.717) is 61.9 Å². The van der Waals surface area contributed by atoms with E-state index in [0.717, 1.165) is 17.1 Å². The molecule has 2 N–H and O–H groups in total. The molecule has 176 valence electrons. The number of aryl methyl sites for hydroxylation is 1. The highest BCUT2D eigenvalue weighted by molar-refractivity contribution is 6.06. The zero-order valence-electron chi connectivity index (χ0n) is 19.4. The van der Waals surface area contributed by atoms with E-state index >= 15 is 0 Å². The molecule has 0 atom stereocenters. The SMILES string of the molecule is CCn1c(C(=O)NCC2CCC2)nc2c(N3CCC4(CC3)C(=O)Nc3ccccc34)ncnc21. The van der Waals surface area contributed by atoms with Crippen molar-refractivity contribution >= 4 is 34.5 Å². The molecule has 2 amide bonds. The molecular formula is C25H29N7O2. The summed E-state index contributed by atoms with van der Waals surface area (Å²) in [6.07, 6.45) is 6.55. The van der Waals surface area contributed by atoms with Gasteiger partial charge in [-0.2, -0.15) is 0 Å². The molecule has 2 aromatic heterocycles. The number of rotatable bonds is 5. The van der Waals surface area contributed by atoms with Gasteiger partial charge in [0.15, 0.2) is 17.0 Å². The van der Waals surface area contributed by atoms with Gasteiger partial charge in [-0.3, -0.25) is 9.59 Å². The number of amides is 2. The number of aromatic nitrogens is 4. The number of piperidine rings is 1. The van der Waals surface area contributed by atoms with Crippen LogP contribution in [0.2, 0.25) is 0 Å². The van der Waals surface area contributed by atoms with Gasteiger partial charge in [0, 0.05) is 31.9 Å². The predicted octanol–water partition coefficient (Wildman–Crippen LogP) is 2.87. The lowest BCUT2D eigenvalue weighted by Gasteiger charge is -2.38. The molecule has 9 heteroatoms. The van der Waals surface area contributed by atoms with Crippen LogP contribution in [0.15, 0.2) is 30.6 Å². The number of carbonyl (C=O) groups excluding carboxylic acids is 2. The number of hydrogen-bond donors (Lipinski definition) is 2. The Balaban J connectivity index is 1.27. The fourth-order valence-corrected chi connectivity index (χ4v) is 5.61. The molecule has 9 nitrogen and oxygen atoms in total. The third kappa shape index (κ3) is 3.17. The Kier molecular flexibility index (Phi) is 5.00. The number of benzene rings is 1. The maximum atomic E-state index is 12.9. The van der Waals surface area contributed by atoms with Crippen molar-refractivity contribution < 1.29 is 9.59 Å². The molecule has 2 aliphatic heterocycles. The van der Waals surface area contributed by atoms with Crippen molar-refractivity contribution in [1.29, 1.82) is 0 Å². The highest BCUT2D eigenvalue weighted by atomic mass is 16.2. The van der Waals surface area contributed by atoms with Gasteiger partial charge < -0.3 is 20.1 Å². The molecule has 0 unspecified atom stereocenters. The number of para-hydroxylation sites is 1. The van der Waals surface area contributed by atoms with Crippen LogP contribution in [0.5, 0.6) is 0 Å². The molecular weight excluding hydrogens is 430 g/mol. The van der Waals surface area contributed by atoms with Crippen molar-refractivity contribution in [3.05, 3.63) is 42.0 Å². The summed E-state index contributed by atoms with van der Waals surface area (Å²) in [6, 6.07) is 7.98. The number of hydrogen-bond acceptors (Lipinski definition) is 6. The molecule has 34 heavy (non-hydrogen) atoms. The van der Waals surface area contributed by atoms with Crippen LogP contribution in [0.4, 0.5) is 11.5 Å². The number of carbonyl (C=O) groups is 2. The molecule has 4 heterocycles. The second-order valence-corrected chi connectivity index (χ2v) is 9.62. The summed E-state index contributed by atoms with van der Waals surface area (Å²) >= 11 is 0. The Morgan fingerprint density at radius 1 is 1.21 bits per heavy atom. The zero-order chi connectivity index (χ0) is 23.3. The highest BCUT2D eigenvalue weighted by Gasteiger charge is 2.48. The first-order valence-electron chi connectivity index (χ1n) is 12.3. The minimum Gasteiger partial charge on any atom is -0.355 e. The van der Waals surface area contributed by atoms with E-state index in [1.54, 1.807) is 6.33 Å². The smallest absolute Gasteiger partial charge is 0.287 e. The molecule has 3 aliphatic rings. The first kappa shape index (κ1) is 21.1. The molecule has 1 saturated heterocycles. The van der Waals surface area contributed by atoms with E-state index in [1.807, 2.05) is 29.7 Å². The van der Waals surface area contributed by atoms with Crippen LogP contribution in [-0.4, -0.2) is 51.0 Å². The summed E-state index contributed by atoms with van der Waals surface area (Å²) in [4.78, 5) is 41.8. The van der Waals surface area contributed by atoms with Crippen molar-refractivity contribution in [1.82, 2.24) is 24.8 Å². The van der Waals surface area contributed by atoms with Gasteiger partial charge >= 0.3 is 0 Å². The van der Waals surface area contributed by atoms with Crippen LogP contribution < -0.4 is 15.5 Å². The van der Waals surface area contributed by atoms with Gasteiger partial charge in [-0.15, -0.1) is 0 Å². The van der Waals surface area contributed by atoms with Crippen molar-refractivity contribution in [2.24, 2.45) is 5.92 Å². The molecule has 0 radical (unpaired) electrons. The van der Waals surface area contributed by atoms with Crippen molar-refractivity contribution in [2.45, 2.75) is 51.0 Å². The Morgan fingerprint density at radius 2 is 2.00 bits per heavy atom. The average molecular weight is 460 g/mol. The largest absolute Gasteiger partial charge is 0.355 e. The fraction of sp³-hybridized carbons (Fsp3) is 0.480. The molecule has 2 fully saturated rings. The molecule has 1 aromatic carbocycles. The lowest BCUT2D eigenvalue weighted by Crippen LogP contribution is -2.46. The first-order chi connectivity index (χ1) is 16.6. The Hall–Kier alpha value is -3.49. The van der Waals surface area contributed by atoms with Gasteiger partial charge in [0.05, 0.1) is 5.41 Å². The molecule has 1 saturated carbocycles. The van der Waals surface area contributed by atoms with Crippen LogP contribution in [0.25, 0.3) is 11.2 Å². The second kappa shape index (κ2) is 8.07. The Bertz CT molecular complexity index is 1270. The van der Waals surface area contributed by atoms with E-state index in [4.69, 9.17) is 4.98 Å². The molecule has 0 bridgehead atoms. The molecule has 3 aromatic rings. The fourth-order valence-electron chi connectivity index (χ4n) is 5.61. The van der Waals surface area contributed by atoms with Gasteiger partial charge in [-0.25, -0.2) is 15.0 Å². The van der Waals surface area contributed by atoms with E-state index in [9.17, 15) is 9.59 Å². The van der Waals surface area contributed by atoms with Gasteiger partial charge in [0.1, 0.15) is 6.33 Å². The van der Waals surface area contributed by atoms with Gasteiger partial charge in [0.2, 0.25) is 11.7 Å². The predicted molar refractivity (Wildman–Crippen MR) is 129 cm³/mol. The number of nitrogens with one attached hydrogen (secondary N) is 2. The minimum atomic E-state index is -0.491. The van der Waals surface area contributed by atoms with Crippen LogP contribution in [0.3, 0.4) is 0 Å². The highest BCUT2D eigenvalue weighted by Crippen LogP contribution is 2.45. The second-order valence-electron chi connectivity index (χ2n) is 9.62. The topological polar surface area (TPSA) is 105 Å². The van der Waals surface area contributed by atoms with Crippen molar-refractivity contribution in [2.75, 3.05) is 29.9 Å². The monoisotopic (exact) mass is 459 g/mol. The lowest BCUT2D eigenvalue weighted by molar-refractivity contribution is -0.121. The van der Waals surface area contributed by atoms with Crippen LogP contribution in [0.1, 0.15) is 55.2 Å². The van der Waals surface area contributed by atoms with Crippen LogP contribution in [-0.2, 0) is 16.8 Å². The summed E-state index contributed by atoms with van der Waals surface area (Å²) in [7, 11) is 0. The van der Waals surface area contributed by atoms with Gasteiger partial charge in [-0.05, 0) is 50.2 Å². The number of anilines is 2. The van der Waals surface area contributed by atoms with Gasteiger partial charge in [-0.1, -0.05) is 24.6 Å². The van der Waals surface area contributed by atoms with Crippen molar-refractivity contribution in [3.63, 3.8) is 0 Å². The van der Waals surface area contributed by atoms with Crippen LogP contribution in [0, 0.1) is 5.92 Å².